The van der Waals surface area contributed by atoms with Gasteiger partial charge >= 0.3 is 0 Å². The molecule has 0 fully saturated rings. The first kappa shape index (κ1) is 9.41. The molecule has 0 amide bonds. The number of hydrogen-bond donors (Lipinski definition) is 0. The third-order valence-electron chi connectivity index (χ3n) is 1.33. The van der Waals surface area contributed by atoms with Crippen molar-refractivity contribution in [2.75, 3.05) is 0 Å². The van der Waals surface area contributed by atoms with E-state index >= 15 is 0 Å². The van der Waals surface area contributed by atoms with Crippen molar-refractivity contribution in [3.05, 3.63) is 19.1 Å². The largest absolute Gasteiger partial charge is 0.295 e. The standard InChI is InChI=1S/C9H15O/c1-3-5-6-8-9(10)7-4-2/h4,7H,2-3,5-6,8H2,1H3. The van der Waals surface area contributed by atoms with Crippen molar-refractivity contribution >= 4 is 5.78 Å². The molecule has 0 aliphatic carbocycles. The summed E-state index contributed by atoms with van der Waals surface area (Å²) in [7, 11) is 0. The van der Waals surface area contributed by atoms with Gasteiger partial charge in [0.2, 0.25) is 0 Å². The number of allylic oxidation sites excluding steroid dienone is 2. The SMILES string of the molecule is [CH2]C=CC(=O)CCCCC. The zero-order valence-electron chi connectivity index (χ0n) is 6.60. The van der Waals surface area contributed by atoms with Gasteiger partial charge in [0.25, 0.3) is 0 Å². The molecule has 1 radical (unpaired) electrons. The van der Waals surface area contributed by atoms with Gasteiger partial charge in [-0.15, -0.1) is 0 Å². The van der Waals surface area contributed by atoms with Gasteiger partial charge in [0, 0.05) is 6.42 Å². The molecule has 0 aliphatic rings. The smallest absolute Gasteiger partial charge is 0.155 e. The van der Waals surface area contributed by atoms with Crippen LogP contribution >= 0.6 is 0 Å². The molecule has 0 heterocycles. The van der Waals surface area contributed by atoms with E-state index in [2.05, 4.69) is 13.8 Å². The molecule has 0 spiro atoms. The summed E-state index contributed by atoms with van der Waals surface area (Å²) in [5, 5.41) is 0. The molecule has 10 heavy (non-hydrogen) atoms. The van der Waals surface area contributed by atoms with Crippen LogP contribution in [0.4, 0.5) is 0 Å². The van der Waals surface area contributed by atoms with E-state index in [1.54, 1.807) is 6.08 Å². The third kappa shape index (κ3) is 5.54. The van der Waals surface area contributed by atoms with Gasteiger partial charge in [-0.25, -0.2) is 0 Å². The fourth-order valence-corrected chi connectivity index (χ4v) is 0.764. The van der Waals surface area contributed by atoms with Crippen LogP contribution in [0.25, 0.3) is 0 Å². The normalized spacial score (nSPS) is 10.6. The molecule has 0 aromatic heterocycles. The number of ketones is 1. The Bertz CT molecular complexity index is 114. The molecule has 0 saturated heterocycles. The molecule has 0 aromatic carbocycles. The molecule has 57 valence electrons. The van der Waals surface area contributed by atoms with E-state index in [0.717, 1.165) is 12.8 Å². The Hall–Kier alpha value is -0.590. The van der Waals surface area contributed by atoms with E-state index in [4.69, 9.17) is 0 Å². The Labute approximate surface area is 63.1 Å². The lowest BCUT2D eigenvalue weighted by atomic mass is 10.1. The van der Waals surface area contributed by atoms with Crippen LogP contribution in [-0.4, -0.2) is 5.78 Å². The highest BCUT2D eigenvalue weighted by Gasteiger charge is 1.93. The molecular weight excluding hydrogens is 124 g/mol. The molecule has 0 aliphatic heterocycles. The Morgan fingerprint density at radius 2 is 2.20 bits per heavy atom. The summed E-state index contributed by atoms with van der Waals surface area (Å²) < 4.78 is 0. The predicted molar refractivity (Wildman–Crippen MR) is 43.6 cm³/mol. The number of carbonyl (C=O) groups excluding carboxylic acids is 1. The van der Waals surface area contributed by atoms with Crippen LogP contribution < -0.4 is 0 Å². The first-order valence-corrected chi connectivity index (χ1v) is 3.80. The summed E-state index contributed by atoms with van der Waals surface area (Å²) in [6, 6.07) is 0. The molecule has 1 nitrogen and oxygen atoms in total. The van der Waals surface area contributed by atoms with Gasteiger partial charge in [-0.05, 0) is 19.4 Å². The summed E-state index contributed by atoms with van der Waals surface area (Å²) in [4.78, 5) is 10.8. The third-order valence-corrected chi connectivity index (χ3v) is 1.33. The van der Waals surface area contributed by atoms with Gasteiger partial charge in [-0.1, -0.05) is 25.8 Å². The number of hydrogen-bond acceptors (Lipinski definition) is 1. The molecular formula is C9H15O. The van der Waals surface area contributed by atoms with Crippen LogP contribution in [0.15, 0.2) is 12.2 Å². The Morgan fingerprint density at radius 1 is 1.50 bits per heavy atom. The van der Waals surface area contributed by atoms with Gasteiger partial charge < -0.3 is 0 Å². The van der Waals surface area contributed by atoms with Gasteiger partial charge in [0.1, 0.15) is 0 Å². The van der Waals surface area contributed by atoms with Crippen LogP contribution in [0, 0.1) is 6.92 Å². The Kier molecular flexibility index (Phi) is 6.14. The van der Waals surface area contributed by atoms with Crippen molar-refractivity contribution in [2.45, 2.75) is 32.6 Å². The fraction of sp³-hybridized carbons (Fsp3) is 0.556. The first-order valence-electron chi connectivity index (χ1n) is 3.80. The minimum absolute atomic E-state index is 0.198. The summed E-state index contributed by atoms with van der Waals surface area (Å²) in [5.74, 6) is 0.198. The van der Waals surface area contributed by atoms with E-state index < -0.39 is 0 Å². The number of unbranched alkanes of at least 4 members (excludes halogenated alkanes) is 2. The highest BCUT2D eigenvalue weighted by molar-refractivity contribution is 5.89. The van der Waals surface area contributed by atoms with Gasteiger partial charge in [0.15, 0.2) is 5.78 Å². The van der Waals surface area contributed by atoms with E-state index in [1.165, 1.54) is 12.5 Å². The van der Waals surface area contributed by atoms with Crippen LogP contribution in [0.3, 0.4) is 0 Å². The second-order valence-corrected chi connectivity index (χ2v) is 2.33. The summed E-state index contributed by atoms with van der Waals surface area (Å²) in [6.07, 6.45) is 7.10. The maximum absolute atomic E-state index is 10.8. The van der Waals surface area contributed by atoms with Crippen LogP contribution in [-0.2, 0) is 4.79 Å². The molecule has 1 heteroatoms. The van der Waals surface area contributed by atoms with Crippen LogP contribution in [0.2, 0.25) is 0 Å². The first-order chi connectivity index (χ1) is 4.81. The maximum Gasteiger partial charge on any atom is 0.155 e. The average Bonchev–Trinajstić information content (AvgIpc) is 1.89. The fourth-order valence-electron chi connectivity index (χ4n) is 0.764. The molecule has 0 saturated carbocycles. The minimum atomic E-state index is 0.198. The van der Waals surface area contributed by atoms with Crippen molar-refractivity contribution in [2.24, 2.45) is 0 Å². The van der Waals surface area contributed by atoms with E-state index in [-0.39, 0.29) is 5.78 Å². The number of carbonyl (C=O) groups is 1. The van der Waals surface area contributed by atoms with Gasteiger partial charge in [-0.2, -0.15) is 0 Å². The van der Waals surface area contributed by atoms with Gasteiger partial charge in [-0.3, -0.25) is 4.79 Å². The molecule has 0 N–H and O–H groups in total. The van der Waals surface area contributed by atoms with Crippen molar-refractivity contribution in [1.82, 2.24) is 0 Å². The topological polar surface area (TPSA) is 17.1 Å². The molecule has 0 unspecified atom stereocenters. The zero-order valence-corrected chi connectivity index (χ0v) is 6.60. The van der Waals surface area contributed by atoms with E-state index in [1.807, 2.05) is 0 Å². The summed E-state index contributed by atoms with van der Waals surface area (Å²) in [5.41, 5.74) is 0. The maximum atomic E-state index is 10.8. The van der Waals surface area contributed by atoms with Crippen LogP contribution in [0.1, 0.15) is 32.6 Å². The van der Waals surface area contributed by atoms with Gasteiger partial charge in [0.05, 0.1) is 0 Å². The lowest BCUT2D eigenvalue weighted by Gasteiger charge is -1.92. The highest BCUT2D eigenvalue weighted by Crippen LogP contribution is 1.99. The molecule has 0 rings (SSSR count). The Morgan fingerprint density at radius 3 is 2.70 bits per heavy atom. The molecule has 0 bridgehead atoms. The number of rotatable bonds is 5. The minimum Gasteiger partial charge on any atom is -0.295 e. The van der Waals surface area contributed by atoms with Crippen LogP contribution in [0.5, 0.6) is 0 Å². The summed E-state index contributed by atoms with van der Waals surface area (Å²) in [6.45, 7) is 5.58. The van der Waals surface area contributed by atoms with Crippen molar-refractivity contribution in [1.29, 1.82) is 0 Å². The summed E-state index contributed by atoms with van der Waals surface area (Å²) >= 11 is 0. The Balaban J connectivity index is 3.22. The second kappa shape index (κ2) is 6.53. The monoisotopic (exact) mass is 139 g/mol. The van der Waals surface area contributed by atoms with E-state index in [9.17, 15) is 4.79 Å². The lowest BCUT2D eigenvalue weighted by Crippen LogP contribution is -1.90. The predicted octanol–water partition coefficient (Wildman–Crippen LogP) is 2.53. The quantitative estimate of drug-likeness (QED) is 0.422. The highest BCUT2D eigenvalue weighted by atomic mass is 16.1. The second-order valence-electron chi connectivity index (χ2n) is 2.33. The van der Waals surface area contributed by atoms with Crippen molar-refractivity contribution < 1.29 is 4.79 Å². The average molecular weight is 139 g/mol. The van der Waals surface area contributed by atoms with Crippen molar-refractivity contribution in [3.8, 4) is 0 Å². The molecule has 0 aromatic rings. The zero-order chi connectivity index (χ0) is 7.82. The van der Waals surface area contributed by atoms with Crippen molar-refractivity contribution in [3.63, 3.8) is 0 Å². The lowest BCUT2D eigenvalue weighted by molar-refractivity contribution is -0.114. The van der Waals surface area contributed by atoms with E-state index in [0.29, 0.717) is 6.42 Å². The molecule has 0 atom stereocenters.